The Labute approximate surface area is 143 Å². The van der Waals surface area contributed by atoms with Gasteiger partial charge in [0.1, 0.15) is 5.76 Å². The molecule has 0 aliphatic carbocycles. The molecule has 0 N–H and O–H groups in total. The molecule has 6 nitrogen and oxygen atoms in total. The summed E-state index contributed by atoms with van der Waals surface area (Å²) in [6.07, 6.45) is 7.57. The normalized spacial score (nSPS) is 18.0. The van der Waals surface area contributed by atoms with Crippen LogP contribution in [0.25, 0.3) is 10.8 Å². The Balaban J connectivity index is 1.55. The van der Waals surface area contributed by atoms with Gasteiger partial charge in [-0.25, -0.2) is 9.97 Å². The first-order valence-corrected chi connectivity index (χ1v) is 8.88. The lowest BCUT2D eigenvalue weighted by Crippen LogP contribution is -2.40. The van der Waals surface area contributed by atoms with Crippen molar-refractivity contribution in [3.63, 3.8) is 0 Å². The molecule has 3 aromatic heterocycles. The Morgan fingerprint density at radius 3 is 3.12 bits per heavy atom. The van der Waals surface area contributed by atoms with E-state index < -0.39 is 0 Å². The first kappa shape index (κ1) is 15.1. The van der Waals surface area contributed by atoms with Crippen molar-refractivity contribution < 1.29 is 9.21 Å². The van der Waals surface area contributed by atoms with Crippen molar-refractivity contribution in [2.24, 2.45) is 0 Å². The predicted octanol–water partition coefficient (Wildman–Crippen LogP) is 3.39. The molecule has 1 saturated heterocycles. The number of imidazole rings is 1. The molecule has 1 aliphatic rings. The van der Waals surface area contributed by atoms with Crippen LogP contribution in [0.2, 0.25) is 0 Å². The number of aryl methyl sites for hydroxylation is 1. The molecule has 3 aromatic rings. The molecule has 0 saturated carbocycles. The summed E-state index contributed by atoms with van der Waals surface area (Å²) in [4.78, 5) is 24.3. The lowest BCUT2D eigenvalue weighted by Gasteiger charge is -2.33. The molecule has 7 heteroatoms. The molecule has 24 heavy (non-hydrogen) atoms. The number of hydrogen-bond acceptors (Lipinski definition) is 5. The number of carbonyl (C=O) groups excluding carboxylic acids is 1. The summed E-state index contributed by atoms with van der Waals surface area (Å²) in [7, 11) is 0. The van der Waals surface area contributed by atoms with Gasteiger partial charge in [0.05, 0.1) is 17.2 Å². The van der Waals surface area contributed by atoms with Crippen LogP contribution in [0.1, 0.15) is 35.1 Å². The third-order valence-electron chi connectivity index (χ3n) is 4.36. The molecule has 4 heterocycles. The van der Waals surface area contributed by atoms with Crippen LogP contribution < -0.4 is 0 Å². The highest BCUT2D eigenvalue weighted by atomic mass is 32.1. The molecule has 0 aromatic carbocycles. The van der Waals surface area contributed by atoms with Gasteiger partial charge in [0.25, 0.3) is 5.91 Å². The van der Waals surface area contributed by atoms with E-state index in [-0.39, 0.29) is 11.9 Å². The van der Waals surface area contributed by atoms with Crippen LogP contribution in [-0.2, 0) is 0 Å². The van der Waals surface area contributed by atoms with Crippen molar-refractivity contribution in [2.45, 2.75) is 25.8 Å². The number of hydrogen-bond donors (Lipinski definition) is 0. The summed E-state index contributed by atoms with van der Waals surface area (Å²) < 4.78 is 7.78. The molecule has 1 fully saturated rings. The molecule has 1 unspecified atom stereocenters. The second-order valence-electron chi connectivity index (χ2n) is 5.96. The number of amides is 1. The largest absolute Gasteiger partial charge is 0.440 e. The fourth-order valence-corrected chi connectivity index (χ4v) is 3.77. The summed E-state index contributed by atoms with van der Waals surface area (Å²) >= 11 is 1.55. The number of rotatable bonds is 3. The first-order chi connectivity index (χ1) is 11.7. The van der Waals surface area contributed by atoms with Gasteiger partial charge < -0.3 is 13.9 Å². The maximum absolute atomic E-state index is 12.9. The van der Waals surface area contributed by atoms with Gasteiger partial charge in [-0.2, -0.15) is 0 Å². The highest BCUT2D eigenvalue weighted by molar-refractivity contribution is 7.13. The molecule has 1 aliphatic heterocycles. The molecular formula is C17H18N4O2S. The average Bonchev–Trinajstić information content (AvgIpc) is 3.35. The lowest BCUT2D eigenvalue weighted by atomic mass is 10.1. The Kier molecular flexibility index (Phi) is 3.93. The zero-order valence-corrected chi connectivity index (χ0v) is 14.2. The maximum Gasteiger partial charge on any atom is 0.276 e. The van der Waals surface area contributed by atoms with Crippen LogP contribution in [0, 0.1) is 6.92 Å². The summed E-state index contributed by atoms with van der Waals surface area (Å²) in [5.74, 6) is 1.05. The van der Waals surface area contributed by atoms with E-state index >= 15 is 0 Å². The van der Waals surface area contributed by atoms with Gasteiger partial charge in [0.15, 0.2) is 5.69 Å². The second-order valence-corrected chi connectivity index (χ2v) is 6.91. The monoisotopic (exact) mass is 342 g/mol. The number of piperidine rings is 1. The third-order valence-corrected chi connectivity index (χ3v) is 5.22. The van der Waals surface area contributed by atoms with Gasteiger partial charge in [-0.3, -0.25) is 4.79 Å². The lowest BCUT2D eigenvalue weighted by molar-refractivity contribution is 0.0672. The van der Waals surface area contributed by atoms with E-state index in [0.29, 0.717) is 23.9 Å². The molecule has 0 radical (unpaired) electrons. The fourth-order valence-electron chi connectivity index (χ4n) is 3.12. The average molecular weight is 342 g/mol. The van der Waals surface area contributed by atoms with E-state index in [9.17, 15) is 4.79 Å². The van der Waals surface area contributed by atoms with Crippen molar-refractivity contribution in [1.82, 2.24) is 19.4 Å². The topological polar surface area (TPSA) is 64.2 Å². The smallest absolute Gasteiger partial charge is 0.276 e. The van der Waals surface area contributed by atoms with E-state index in [2.05, 4.69) is 14.5 Å². The molecule has 4 rings (SSSR count). The minimum atomic E-state index is -0.0520. The van der Waals surface area contributed by atoms with Gasteiger partial charge >= 0.3 is 0 Å². The maximum atomic E-state index is 12.9. The summed E-state index contributed by atoms with van der Waals surface area (Å²) in [5.41, 5.74) is 0.421. The second kappa shape index (κ2) is 6.24. The molecule has 0 bridgehead atoms. The molecule has 1 atom stereocenters. The minimum absolute atomic E-state index is 0.0520. The zero-order valence-electron chi connectivity index (χ0n) is 13.4. The fraction of sp³-hybridized carbons (Fsp3) is 0.353. The van der Waals surface area contributed by atoms with Gasteiger partial charge in [-0.15, -0.1) is 11.3 Å². The molecule has 0 spiro atoms. The van der Waals surface area contributed by atoms with Crippen molar-refractivity contribution >= 4 is 17.2 Å². The highest BCUT2D eigenvalue weighted by Crippen LogP contribution is 2.28. The van der Waals surface area contributed by atoms with Crippen molar-refractivity contribution in [1.29, 1.82) is 0 Å². The predicted molar refractivity (Wildman–Crippen MR) is 91.0 cm³/mol. The van der Waals surface area contributed by atoms with Gasteiger partial charge in [0, 0.05) is 25.5 Å². The first-order valence-electron chi connectivity index (χ1n) is 8.00. The van der Waals surface area contributed by atoms with Crippen molar-refractivity contribution in [2.75, 3.05) is 13.1 Å². The Hall–Kier alpha value is -2.41. The van der Waals surface area contributed by atoms with E-state index in [0.717, 1.165) is 24.3 Å². The zero-order chi connectivity index (χ0) is 16.5. The van der Waals surface area contributed by atoms with Crippen LogP contribution in [0.4, 0.5) is 0 Å². The van der Waals surface area contributed by atoms with E-state index in [1.165, 1.54) is 0 Å². The SMILES string of the molecule is Cc1oc(-c2cccs2)nc1C(=O)N1CCCC(n2ccnc2)C1. The van der Waals surface area contributed by atoms with E-state index in [1.54, 1.807) is 24.5 Å². The molecule has 1 amide bonds. The number of oxazole rings is 1. The van der Waals surface area contributed by atoms with Crippen LogP contribution in [0.3, 0.4) is 0 Å². The van der Waals surface area contributed by atoms with E-state index in [1.807, 2.05) is 34.9 Å². The molecular weight excluding hydrogens is 324 g/mol. The number of aromatic nitrogens is 3. The van der Waals surface area contributed by atoms with Gasteiger partial charge in [0.2, 0.25) is 5.89 Å². The Morgan fingerprint density at radius 1 is 1.46 bits per heavy atom. The van der Waals surface area contributed by atoms with Crippen molar-refractivity contribution in [3.8, 4) is 10.8 Å². The van der Waals surface area contributed by atoms with Crippen LogP contribution >= 0.6 is 11.3 Å². The van der Waals surface area contributed by atoms with Crippen LogP contribution in [0.15, 0.2) is 40.7 Å². The highest BCUT2D eigenvalue weighted by Gasteiger charge is 2.28. The van der Waals surface area contributed by atoms with Gasteiger partial charge in [-0.05, 0) is 31.2 Å². The Morgan fingerprint density at radius 2 is 2.38 bits per heavy atom. The van der Waals surface area contributed by atoms with E-state index in [4.69, 9.17) is 4.42 Å². The number of likely N-dealkylation sites (tertiary alicyclic amines) is 1. The standard InChI is InChI=1S/C17H18N4O2S/c1-12-15(19-16(23-12)14-5-3-9-24-14)17(22)20-7-2-4-13(10-20)21-8-6-18-11-21/h3,5-6,8-9,11,13H,2,4,7,10H2,1H3. The molecule has 124 valence electrons. The quantitative estimate of drug-likeness (QED) is 0.732. The minimum Gasteiger partial charge on any atom is -0.440 e. The summed E-state index contributed by atoms with van der Waals surface area (Å²) in [5, 5.41) is 1.97. The van der Waals surface area contributed by atoms with Crippen LogP contribution in [-0.4, -0.2) is 38.4 Å². The Bertz CT molecular complexity index is 823. The number of nitrogens with zero attached hydrogens (tertiary/aromatic N) is 4. The summed E-state index contributed by atoms with van der Waals surface area (Å²) in [6, 6.07) is 4.16. The van der Waals surface area contributed by atoms with Crippen LogP contribution in [0.5, 0.6) is 0 Å². The third kappa shape index (κ3) is 2.75. The van der Waals surface area contributed by atoms with Gasteiger partial charge in [-0.1, -0.05) is 6.07 Å². The number of thiophene rings is 1. The number of carbonyl (C=O) groups is 1. The van der Waals surface area contributed by atoms with Crippen molar-refractivity contribution in [3.05, 3.63) is 47.7 Å². The summed E-state index contributed by atoms with van der Waals surface area (Å²) in [6.45, 7) is 3.23.